The second-order valence-corrected chi connectivity index (χ2v) is 8.59. The third kappa shape index (κ3) is 3.03. The average molecular weight is 422 g/mol. The number of rotatable bonds is 5. The number of benzene rings is 3. The molecule has 3 aromatic rings. The molecule has 0 spiro atoms. The molecule has 0 radical (unpaired) electrons. The molecule has 1 heterocycles. The highest BCUT2D eigenvalue weighted by Crippen LogP contribution is 2.55. The zero-order valence-corrected chi connectivity index (χ0v) is 18.5. The predicted octanol–water partition coefficient (Wildman–Crippen LogP) is 5.24. The summed E-state index contributed by atoms with van der Waals surface area (Å²) in [5, 5.41) is 0. The first-order valence-electron chi connectivity index (χ1n) is 11.2. The van der Waals surface area contributed by atoms with E-state index in [4.69, 9.17) is 4.74 Å². The number of Topliss-reactive ketones (excluding diaryl/α,β-unsaturated/α-hetero) is 1. The molecule has 1 aliphatic carbocycles. The van der Waals surface area contributed by atoms with Crippen molar-refractivity contribution in [2.24, 2.45) is 5.92 Å². The van der Waals surface area contributed by atoms with E-state index in [9.17, 15) is 4.79 Å². The van der Waals surface area contributed by atoms with Gasteiger partial charge >= 0.3 is 0 Å². The van der Waals surface area contributed by atoms with Crippen molar-refractivity contribution in [2.45, 2.75) is 31.8 Å². The molecule has 0 bridgehead atoms. The third-order valence-corrected chi connectivity index (χ3v) is 6.83. The number of hydrogen-bond donors (Lipinski definition) is 0. The Labute approximate surface area is 190 Å². The van der Waals surface area contributed by atoms with Gasteiger partial charge in [-0.15, -0.1) is 11.8 Å². The van der Waals surface area contributed by atoms with E-state index in [1.165, 1.54) is 22.3 Å². The summed E-state index contributed by atoms with van der Waals surface area (Å²) in [6, 6.07) is 27.3. The van der Waals surface area contributed by atoms with Gasteiger partial charge in [-0.05, 0) is 34.7 Å². The maximum Gasteiger partial charge on any atom is 0.156 e. The van der Waals surface area contributed by atoms with E-state index in [1.807, 2.05) is 19.9 Å². The van der Waals surface area contributed by atoms with Crippen molar-refractivity contribution in [3.63, 3.8) is 0 Å². The minimum Gasteiger partial charge on any atom is -0.364 e. The van der Waals surface area contributed by atoms with Gasteiger partial charge in [0.15, 0.2) is 5.78 Å². The lowest BCUT2D eigenvalue weighted by Gasteiger charge is -2.43. The lowest BCUT2D eigenvalue weighted by molar-refractivity contribution is -0.127. The van der Waals surface area contributed by atoms with Crippen LogP contribution in [0.2, 0.25) is 0 Å². The van der Waals surface area contributed by atoms with Crippen molar-refractivity contribution in [3.8, 4) is 23.0 Å². The van der Waals surface area contributed by atoms with Crippen LogP contribution in [-0.4, -0.2) is 30.1 Å². The van der Waals surface area contributed by atoms with Gasteiger partial charge in [0.05, 0.1) is 12.6 Å². The standard InChI is InChI=1S/C29H27NO2/c1-3-4-12-21(2)28(31)27-19-32-20-30(27)29(22-13-6-5-7-14-22)25-17-10-8-15-23(25)24-16-9-11-18-26(24)29/h5-11,13-18,21,27H,12,19-20H2,1-2H3/t21-,27+/m1/s1. The molecule has 1 fully saturated rings. The lowest BCUT2D eigenvalue weighted by Crippen LogP contribution is -2.53. The number of ether oxygens (including phenoxy) is 1. The van der Waals surface area contributed by atoms with Gasteiger partial charge in [-0.3, -0.25) is 9.69 Å². The molecule has 0 aromatic heterocycles. The molecule has 1 aliphatic heterocycles. The van der Waals surface area contributed by atoms with Gasteiger partial charge in [0.1, 0.15) is 12.3 Å². The van der Waals surface area contributed by atoms with E-state index in [-0.39, 0.29) is 17.7 Å². The Morgan fingerprint density at radius 2 is 1.59 bits per heavy atom. The Morgan fingerprint density at radius 3 is 2.22 bits per heavy atom. The normalized spacial score (nSPS) is 19.5. The number of hydrogen-bond acceptors (Lipinski definition) is 3. The van der Waals surface area contributed by atoms with E-state index in [0.29, 0.717) is 19.8 Å². The molecule has 2 atom stereocenters. The Kier molecular flexibility index (Phi) is 5.43. The zero-order chi connectivity index (χ0) is 22.1. The van der Waals surface area contributed by atoms with Crippen LogP contribution in [-0.2, 0) is 15.1 Å². The van der Waals surface area contributed by atoms with Gasteiger partial charge in [0, 0.05) is 12.3 Å². The maximum absolute atomic E-state index is 13.6. The van der Waals surface area contributed by atoms with Crippen LogP contribution in [0.1, 0.15) is 37.0 Å². The minimum atomic E-state index is -0.582. The molecule has 0 saturated carbocycles. The fourth-order valence-corrected chi connectivity index (χ4v) is 5.37. The number of carbonyl (C=O) groups excluding carboxylic acids is 1. The Balaban J connectivity index is 1.73. The predicted molar refractivity (Wildman–Crippen MR) is 127 cm³/mol. The number of nitrogens with zero attached hydrogens (tertiary/aromatic N) is 1. The number of carbonyl (C=O) groups is 1. The molecule has 3 aromatic carbocycles. The molecule has 3 heteroatoms. The molecule has 3 nitrogen and oxygen atoms in total. The monoisotopic (exact) mass is 421 g/mol. The van der Waals surface area contributed by atoms with Crippen LogP contribution in [0.3, 0.4) is 0 Å². The molecule has 1 saturated heterocycles. The minimum absolute atomic E-state index is 0.142. The van der Waals surface area contributed by atoms with Crippen LogP contribution in [0.25, 0.3) is 11.1 Å². The summed E-state index contributed by atoms with van der Waals surface area (Å²) in [5.74, 6) is 6.06. The molecule has 0 N–H and O–H groups in total. The first kappa shape index (κ1) is 20.7. The molecule has 32 heavy (non-hydrogen) atoms. The van der Waals surface area contributed by atoms with Crippen molar-refractivity contribution in [1.82, 2.24) is 4.90 Å². The van der Waals surface area contributed by atoms with Crippen molar-refractivity contribution >= 4 is 5.78 Å². The molecule has 0 amide bonds. The topological polar surface area (TPSA) is 29.5 Å². The summed E-state index contributed by atoms with van der Waals surface area (Å²) in [5.41, 5.74) is 5.42. The summed E-state index contributed by atoms with van der Waals surface area (Å²) in [4.78, 5) is 15.9. The summed E-state index contributed by atoms with van der Waals surface area (Å²) in [6.07, 6.45) is 0.575. The molecular formula is C29H27NO2. The van der Waals surface area contributed by atoms with E-state index in [0.717, 1.165) is 5.56 Å². The number of fused-ring (bicyclic) bond motifs is 3. The van der Waals surface area contributed by atoms with Gasteiger partial charge in [-0.25, -0.2) is 0 Å². The van der Waals surface area contributed by atoms with E-state index in [2.05, 4.69) is 89.5 Å². The largest absolute Gasteiger partial charge is 0.364 e. The fraction of sp³-hybridized carbons (Fsp3) is 0.276. The maximum atomic E-state index is 13.6. The van der Waals surface area contributed by atoms with Gasteiger partial charge < -0.3 is 4.74 Å². The van der Waals surface area contributed by atoms with Gasteiger partial charge in [0.25, 0.3) is 0 Å². The highest BCUT2D eigenvalue weighted by Gasteiger charge is 2.54. The second-order valence-electron chi connectivity index (χ2n) is 8.59. The van der Waals surface area contributed by atoms with Gasteiger partial charge in [0.2, 0.25) is 0 Å². The van der Waals surface area contributed by atoms with E-state index in [1.54, 1.807) is 0 Å². The second kappa shape index (κ2) is 8.39. The van der Waals surface area contributed by atoms with E-state index < -0.39 is 5.54 Å². The summed E-state index contributed by atoms with van der Waals surface area (Å²) in [6.45, 7) is 4.61. The van der Waals surface area contributed by atoms with E-state index >= 15 is 0 Å². The summed E-state index contributed by atoms with van der Waals surface area (Å²) < 4.78 is 6.00. The van der Waals surface area contributed by atoms with Crippen LogP contribution in [0, 0.1) is 17.8 Å². The van der Waals surface area contributed by atoms with Crippen LogP contribution in [0.15, 0.2) is 78.9 Å². The van der Waals surface area contributed by atoms with Gasteiger partial charge in [-0.2, -0.15) is 0 Å². The molecule has 160 valence electrons. The molecular weight excluding hydrogens is 394 g/mol. The fourth-order valence-electron chi connectivity index (χ4n) is 5.37. The zero-order valence-electron chi connectivity index (χ0n) is 18.5. The van der Waals surface area contributed by atoms with Crippen molar-refractivity contribution < 1.29 is 9.53 Å². The van der Waals surface area contributed by atoms with Crippen molar-refractivity contribution in [1.29, 1.82) is 0 Å². The Morgan fingerprint density at radius 1 is 1.00 bits per heavy atom. The highest BCUT2D eigenvalue weighted by molar-refractivity contribution is 5.88. The lowest BCUT2D eigenvalue weighted by atomic mass is 9.78. The smallest absolute Gasteiger partial charge is 0.156 e. The van der Waals surface area contributed by atoms with Gasteiger partial charge in [-0.1, -0.05) is 85.8 Å². The SMILES string of the molecule is CC#CC[C@@H](C)C(=O)[C@@H]1COCN1C1(c2ccccc2)c2ccccc2-c2ccccc21. The first-order valence-corrected chi connectivity index (χ1v) is 11.2. The third-order valence-electron chi connectivity index (χ3n) is 6.83. The van der Waals surface area contributed by atoms with Crippen molar-refractivity contribution in [3.05, 3.63) is 95.6 Å². The molecule has 2 aliphatic rings. The quantitative estimate of drug-likeness (QED) is 0.528. The van der Waals surface area contributed by atoms with Crippen LogP contribution < -0.4 is 0 Å². The first-order chi connectivity index (χ1) is 15.7. The highest BCUT2D eigenvalue weighted by atomic mass is 16.5. The summed E-state index contributed by atoms with van der Waals surface area (Å²) in [7, 11) is 0. The Hall–Kier alpha value is -3.19. The summed E-state index contributed by atoms with van der Waals surface area (Å²) >= 11 is 0. The number of ketones is 1. The average Bonchev–Trinajstić information content (AvgIpc) is 3.44. The van der Waals surface area contributed by atoms with Crippen LogP contribution in [0.4, 0.5) is 0 Å². The van der Waals surface area contributed by atoms with Crippen molar-refractivity contribution in [2.75, 3.05) is 13.3 Å². The Bertz CT molecular complexity index is 1160. The molecule has 5 rings (SSSR count). The molecule has 0 unspecified atom stereocenters. The van der Waals surface area contributed by atoms with Crippen LogP contribution >= 0.6 is 0 Å². The van der Waals surface area contributed by atoms with Crippen LogP contribution in [0.5, 0.6) is 0 Å².